The Bertz CT molecular complexity index is 407. The van der Waals surface area contributed by atoms with Gasteiger partial charge in [0.05, 0.1) is 5.69 Å². The van der Waals surface area contributed by atoms with Gasteiger partial charge in [-0.3, -0.25) is 0 Å². The quantitative estimate of drug-likeness (QED) is 0.649. The van der Waals surface area contributed by atoms with Crippen LogP contribution in [-0.4, -0.2) is 23.7 Å². The molecule has 0 saturated carbocycles. The maximum Gasteiger partial charge on any atom is 0.199 e. The zero-order valence-electron chi connectivity index (χ0n) is 11.9. The highest BCUT2D eigenvalue weighted by Gasteiger charge is 2.21. The Morgan fingerprint density at radius 3 is 2.56 bits per heavy atom. The molecular weight excluding hydrogens is 246 g/mol. The summed E-state index contributed by atoms with van der Waals surface area (Å²) in [5.41, 5.74) is 0.964. The summed E-state index contributed by atoms with van der Waals surface area (Å²) in [5, 5.41) is 6.68. The van der Waals surface area contributed by atoms with Gasteiger partial charge < -0.3 is 15.1 Å². The molecule has 0 bridgehead atoms. The zero-order valence-corrected chi connectivity index (χ0v) is 12.7. The van der Waals surface area contributed by atoms with E-state index in [2.05, 4.69) is 36.4 Å². The lowest BCUT2D eigenvalue weighted by atomic mass is 9.97. The molecular formula is C13H23N3OS. The van der Waals surface area contributed by atoms with Gasteiger partial charge in [0.15, 0.2) is 11.0 Å². The van der Waals surface area contributed by atoms with E-state index in [1.54, 1.807) is 0 Å². The van der Waals surface area contributed by atoms with Crippen LogP contribution in [0.3, 0.4) is 0 Å². The summed E-state index contributed by atoms with van der Waals surface area (Å²) in [6.07, 6.45) is 1.86. The van der Waals surface area contributed by atoms with Gasteiger partial charge in [0.1, 0.15) is 5.76 Å². The van der Waals surface area contributed by atoms with Crippen molar-refractivity contribution in [2.45, 2.75) is 46.0 Å². The highest BCUT2D eigenvalue weighted by Crippen LogP contribution is 2.24. The summed E-state index contributed by atoms with van der Waals surface area (Å²) in [4.78, 5) is 4.49. The Kier molecular flexibility index (Phi) is 5.14. The molecule has 102 valence electrons. The zero-order chi connectivity index (χ0) is 13.8. The van der Waals surface area contributed by atoms with Crippen molar-refractivity contribution in [3.8, 4) is 0 Å². The molecule has 0 amide bonds. The van der Waals surface area contributed by atoms with Crippen molar-refractivity contribution in [1.29, 1.82) is 0 Å². The molecule has 0 fully saturated rings. The van der Waals surface area contributed by atoms with E-state index in [4.69, 9.17) is 16.6 Å². The Morgan fingerprint density at radius 2 is 2.06 bits per heavy atom. The van der Waals surface area contributed by atoms with Gasteiger partial charge >= 0.3 is 0 Å². The molecule has 5 heteroatoms. The van der Waals surface area contributed by atoms with Gasteiger partial charge in [-0.2, -0.15) is 0 Å². The van der Waals surface area contributed by atoms with Crippen molar-refractivity contribution in [2.24, 2.45) is 0 Å². The maximum absolute atomic E-state index is 5.82. The normalized spacial score (nSPS) is 11.4. The van der Waals surface area contributed by atoms with E-state index in [0.717, 1.165) is 36.7 Å². The van der Waals surface area contributed by atoms with Crippen molar-refractivity contribution in [2.75, 3.05) is 13.6 Å². The molecule has 1 aromatic heterocycles. The number of aryl methyl sites for hydroxylation is 2. The lowest BCUT2D eigenvalue weighted by molar-refractivity contribution is 0.370. The molecule has 0 aliphatic rings. The lowest BCUT2D eigenvalue weighted by Gasteiger charge is -2.12. The summed E-state index contributed by atoms with van der Waals surface area (Å²) in [6, 6.07) is 0. The second-order valence-corrected chi connectivity index (χ2v) is 5.80. The van der Waals surface area contributed by atoms with Crippen molar-refractivity contribution >= 4 is 17.3 Å². The van der Waals surface area contributed by atoms with Gasteiger partial charge in [0.25, 0.3) is 0 Å². The van der Waals surface area contributed by atoms with Crippen LogP contribution in [0.25, 0.3) is 0 Å². The van der Waals surface area contributed by atoms with Gasteiger partial charge in [0.2, 0.25) is 0 Å². The smallest absolute Gasteiger partial charge is 0.199 e. The number of aromatic nitrogens is 1. The minimum atomic E-state index is -0.0328. The van der Waals surface area contributed by atoms with Crippen LogP contribution in [0.2, 0.25) is 0 Å². The summed E-state index contributed by atoms with van der Waals surface area (Å²) in [5.74, 6) is 1.80. The Balaban J connectivity index is 2.48. The van der Waals surface area contributed by atoms with E-state index < -0.39 is 0 Å². The van der Waals surface area contributed by atoms with E-state index in [1.165, 1.54) is 0 Å². The summed E-state index contributed by atoms with van der Waals surface area (Å²) >= 11 is 5.01. The van der Waals surface area contributed by atoms with E-state index in [1.807, 2.05) is 14.0 Å². The lowest BCUT2D eigenvalue weighted by Crippen LogP contribution is -2.33. The first kappa shape index (κ1) is 15.0. The Hall–Kier alpha value is -1.10. The number of rotatable bonds is 4. The predicted octanol–water partition coefficient (Wildman–Crippen LogP) is 2.31. The molecule has 0 spiro atoms. The number of oxazole rings is 1. The van der Waals surface area contributed by atoms with E-state index in [-0.39, 0.29) is 5.41 Å². The molecule has 0 aliphatic heterocycles. The van der Waals surface area contributed by atoms with Crippen LogP contribution in [0, 0.1) is 6.92 Å². The van der Waals surface area contributed by atoms with Gasteiger partial charge in [0, 0.05) is 25.4 Å². The topological polar surface area (TPSA) is 50.1 Å². The van der Waals surface area contributed by atoms with Crippen LogP contribution in [0.4, 0.5) is 0 Å². The van der Waals surface area contributed by atoms with Crippen LogP contribution < -0.4 is 10.6 Å². The standard InChI is InChI=1S/C13H23N3OS/c1-9-10(7-6-8-15-12(18)14-5)17-11(16-9)13(2,3)4/h6-8H2,1-5H3,(H2,14,15,18). The number of nitrogens with one attached hydrogen (secondary N) is 2. The third-order valence-corrected chi connectivity index (χ3v) is 2.98. The Labute approximate surface area is 115 Å². The van der Waals surface area contributed by atoms with Crippen molar-refractivity contribution in [1.82, 2.24) is 15.6 Å². The van der Waals surface area contributed by atoms with Gasteiger partial charge in [-0.25, -0.2) is 4.98 Å². The van der Waals surface area contributed by atoms with Crippen molar-refractivity contribution in [3.63, 3.8) is 0 Å². The van der Waals surface area contributed by atoms with Crippen LogP contribution in [-0.2, 0) is 11.8 Å². The number of hydrogen-bond donors (Lipinski definition) is 2. The SMILES string of the molecule is CNC(=S)NCCCc1oc(C(C)(C)C)nc1C. The highest BCUT2D eigenvalue weighted by molar-refractivity contribution is 7.80. The first-order valence-electron chi connectivity index (χ1n) is 6.27. The van der Waals surface area contributed by atoms with Crippen molar-refractivity contribution < 1.29 is 4.42 Å². The third kappa shape index (κ3) is 4.29. The number of nitrogens with zero attached hydrogens (tertiary/aromatic N) is 1. The van der Waals surface area contributed by atoms with Crippen LogP contribution in [0.1, 0.15) is 44.5 Å². The molecule has 1 rings (SSSR count). The monoisotopic (exact) mass is 269 g/mol. The number of hydrogen-bond acceptors (Lipinski definition) is 3. The third-order valence-electron chi connectivity index (χ3n) is 2.63. The van der Waals surface area contributed by atoms with Crippen molar-refractivity contribution in [3.05, 3.63) is 17.3 Å². The van der Waals surface area contributed by atoms with Crippen LogP contribution >= 0.6 is 12.2 Å². The van der Waals surface area contributed by atoms with Gasteiger partial charge in [-0.15, -0.1) is 0 Å². The Morgan fingerprint density at radius 1 is 1.39 bits per heavy atom. The second-order valence-electron chi connectivity index (χ2n) is 5.39. The largest absolute Gasteiger partial charge is 0.445 e. The molecule has 0 unspecified atom stereocenters. The summed E-state index contributed by atoms with van der Waals surface area (Å²) in [6.45, 7) is 9.16. The predicted molar refractivity (Wildman–Crippen MR) is 77.9 cm³/mol. The fraction of sp³-hybridized carbons (Fsp3) is 0.692. The molecule has 4 nitrogen and oxygen atoms in total. The molecule has 0 aliphatic carbocycles. The highest BCUT2D eigenvalue weighted by atomic mass is 32.1. The molecule has 0 atom stereocenters. The summed E-state index contributed by atoms with van der Waals surface area (Å²) < 4.78 is 5.82. The first-order chi connectivity index (χ1) is 8.34. The van der Waals surface area contributed by atoms with Gasteiger partial charge in [-0.1, -0.05) is 20.8 Å². The fourth-order valence-electron chi connectivity index (χ4n) is 1.52. The van der Waals surface area contributed by atoms with E-state index in [9.17, 15) is 0 Å². The maximum atomic E-state index is 5.82. The molecule has 0 saturated heterocycles. The molecule has 18 heavy (non-hydrogen) atoms. The molecule has 0 radical (unpaired) electrons. The minimum absolute atomic E-state index is 0.0328. The molecule has 2 N–H and O–H groups in total. The average Bonchev–Trinajstić information content (AvgIpc) is 2.66. The van der Waals surface area contributed by atoms with E-state index >= 15 is 0 Å². The summed E-state index contributed by atoms with van der Waals surface area (Å²) in [7, 11) is 1.81. The van der Waals surface area contributed by atoms with E-state index in [0.29, 0.717) is 5.11 Å². The number of thiocarbonyl (C=S) groups is 1. The first-order valence-corrected chi connectivity index (χ1v) is 6.67. The van der Waals surface area contributed by atoms with Crippen LogP contribution in [0.15, 0.2) is 4.42 Å². The minimum Gasteiger partial charge on any atom is -0.445 e. The van der Waals surface area contributed by atoms with Gasteiger partial charge in [-0.05, 0) is 25.6 Å². The molecule has 1 aromatic rings. The second kappa shape index (κ2) is 6.18. The molecule has 1 heterocycles. The fourth-order valence-corrected chi connectivity index (χ4v) is 1.62. The average molecular weight is 269 g/mol. The van der Waals surface area contributed by atoms with Crippen LogP contribution in [0.5, 0.6) is 0 Å². The molecule has 0 aromatic carbocycles.